The van der Waals surface area contributed by atoms with Crippen molar-refractivity contribution in [2.75, 3.05) is 13.8 Å². The standard InChI is InChI=1S/C11H15O2P/c1-13-14(2,12)10-6-9-11-7-4-3-5-8-11/h3-8,10H,9H2,1-2H3/b10-6+. The van der Waals surface area contributed by atoms with Crippen molar-refractivity contribution in [3.63, 3.8) is 0 Å². The lowest BCUT2D eigenvalue weighted by Gasteiger charge is -2.03. The van der Waals surface area contributed by atoms with Crippen LogP contribution in [-0.4, -0.2) is 13.8 Å². The minimum atomic E-state index is -2.49. The van der Waals surface area contributed by atoms with E-state index in [-0.39, 0.29) is 0 Å². The highest BCUT2D eigenvalue weighted by atomic mass is 31.2. The molecule has 1 rings (SSSR count). The van der Waals surface area contributed by atoms with Gasteiger partial charge in [0.05, 0.1) is 0 Å². The molecule has 0 saturated heterocycles. The molecule has 0 aromatic heterocycles. The summed E-state index contributed by atoms with van der Waals surface area (Å²) in [5.41, 5.74) is 1.21. The maximum absolute atomic E-state index is 11.5. The molecule has 0 aliphatic carbocycles. The lowest BCUT2D eigenvalue weighted by atomic mass is 10.2. The first kappa shape index (κ1) is 11.2. The van der Waals surface area contributed by atoms with Crippen molar-refractivity contribution < 1.29 is 9.09 Å². The Morgan fingerprint density at radius 3 is 2.57 bits per heavy atom. The van der Waals surface area contributed by atoms with Crippen LogP contribution in [0.4, 0.5) is 0 Å². The molecule has 0 saturated carbocycles. The van der Waals surface area contributed by atoms with E-state index in [0.29, 0.717) is 0 Å². The molecule has 1 atom stereocenters. The lowest BCUT2D eigenvalue weighted by molar-refractivity contribution is 0.407. The summed E-state index contributed by atoms with van der Waals surface area (Å²) in [6.45, 7) is 1.61. The Morgan fingerprint density at radius 2 is 2.00 bits per heavy atom. The summed E-state index contributed by atoms with van der Waals surface area (Å²) in [5, 5.41) is 0. The molecular formula is C11H15O2P. The van der Waals surface area contributed by atoms with Gasteiger partial charge in [-0.25, -0.2) is 0 Å². The topological polar surface area (TPSA) is 26.3 Å². The first-order valence-electron chi connectivity index (χ1n) is 4.48. The summed E-state index contributed by atoms with van der Waals surface area (Å²) < 4.78 is 16.3. The van der Waals surface area contributed by atoms with Crippen LogP contribution in [0.5, 0.6) is 0 Å². The van der Waals surface area contributed by atoms with E-state index in [1.165, 1.54) is 12.7 Å². The van der Waals surface area contributed by atoms with E-state index >= 15 is 0 Å². The van der Waals surface area contributed by atoms with Crippen LogP contribution in [-0.2, 0) is 15.5 Å². The van der Waals surface area contributed by atoms with Gasteiger partial charge in [0.25, 0.3) is 0 Å². The average molecular weight is 210 g/mol. The highest BCUT2D eigenvalue weighted by Gasteiger charge is 2.06. The predicted molar refractivity (Wildman–Crippen MR) is 59.8 cm³/mol. The maximum Gasteiger partial charge on any atom is 0.221 e. The van der Waals surface area contributed by atoms with Gasteiger partial charge in [0.15, 0.2) is 0 Å². The maximum atomic E-state index is 11.5. The molecule has 0 N–H and O–H groups in total. The van der Waals surface area contributed by atoms with Gasteiger partial charge in [0.1, 0.15) is 0 Å². The van der Waals surface area contributed by atoms with Crippen LogP contribution in [0, 0.1) is 0 Å². The number of hydrogen-bond donors (Lipinski definition) is 0. The van der Waals surface area contributed by atoms with Crippen LogP contribution < -0.4 is 0 Å². The Hall–Kier alpha value is -0.850. The molecule has 1 aromatic rings. The van der Waals surface area contributed by atoms with Gasteiger partial charge in [-0.3, -0.25) is 4.57 Å². The largest absolute Gasteiger partial charge is 0.329 e. The molecule has 2 nitrogen and oxygen atoms in total. The first-order chi connectivity index (χ1) is 6.64. The molecule has 1 unspecified atom stereocenters. The highest BCUT2D eigenvalue weighted by molar-refractivity contribution is 7.61. The zero-order valence-electron chi connectivity index (χ0n) is 8.51. The normalized spacial score (nSPS) is 15.6. The van der Waals surface area contributed by atoms with Gasteiger partial charge in [0, 0.05) is 13.8 Å². The predicted octanol–water partition coefficient (Wildman–Crippen LogP) is 3.30. The summed E-state index contributed by atoms with van der Waals surface area (Å²) >= 11 is 0. The van der Waals surface area contributed by atoms with Gasteiger partial charge in [0.2, 0.25) is 7.37 Å². The summed E-state index contributed by atoms with van der Waals surface area (Å²) in [6.07, 6.45) is 2.68. The third-order valence-corrected chi connectivity index (χ3v) is 3.41. The van der Waals surface area contributed by atoms with Crippen molar-refractivity contribution in [3.8, 4) is 0 Å². The second-order valence-corrected chi connectivity index (χ2v) is 5.65. The van der Waals surface area contributed by atoms with Gasteiger partial charge >= 0.3 is 0 Å². The van der Waals surface area contributed by atoms with Crippen LogP contribution in [0.1, 0.15) is 5.56 Å². The van der Waals surface area contributed by atoms with Crippen LogP contribution in [0.2, 0.25) is 0 Å². The summed E-state index contributed by atoms with van der Waals surface area (Å²) in [7, 11) is -1.03. The molecule has 1 aromatic carbocycles. The zero-order valence-corrected chi connectivity index (χ0v) is 9.41. The third-order valence-electron chi connectivity index (χ3n) is 1.94. The van der Waals surface area contributed by atoms with Gasteiger partial charge in [-0.15, -0.1) is 0 Å². The number of hydrogen-bond acceptors (Lipinski definition) is 2. The molecule has 3 heteroatoms. The molecule has 0 aliphatic rings. The molecule has 76 valence electrons. The van der Waals surface area contributed by atoms with Crippen LogP contribution in [0.15, 0.2) is 42.2 Å². The van der Waals surface area contributed by atoms with Crippen molar-refractivity contribution in [1.82, 2.24) is 0 Å². The van der Waals surface area contributed by atoms with E-state index in [4.69, 9.17) is 4.52 Å². The second-order valence-electron chi connectivity index (χ2n) is 3.17. The third kappa shape index (κ3) is 3.91. The summed E-state index contributed by atoms with van der Waals surface area (Å²) in [4.78, 5) is 0. The fourth-order valence-electron chi connectivity index (χ4n) is 1.06. The van der Waals surface area contributed by atoms with E-state index in [1.54, 1.807) is 12.5 Å². The zero-order chi connectivity index (χ0) is 10.4. The van der Waals surface area contributed by atoms with E-state index < -0.39 is 7.37 Å². The van der Waals surface area contributed by atoms with Gasteiger partial charge in [-0.2, -0.15) is 0 Å². The molecule has 0 radical (unpaired) electrons. The molecule has 0 heterocycles. The van der Waals surface area contributed by atoms with Crippen molar-refractivity contribution >= 4 is 7.37 Å². The second kappa shape index (κ2) is 5.14. The highest BCUT2D eigenvalue weighted by Crippen LogP contribution is 2.42. The first-order valence-corrected chi connectivity index (χ1v) is 6.63. The van der Waals surface area contributed by atoms with E-state index in [0.717, 1.165) is 6.42 Å². The summed E-state index contributed by atoms with van der Waals surface area (Å²) in [6, 6.07) is 10.0. The van der Waals surface area contributed by atoms with Crippen LogP contribution in [0.25, 0.3) is 0 Å². The summed E-state index contributed by atoms with van der Waals surface area (Å²) in [5.74, 6) is 1.65. The average Bonchev–Trinajstić information content (AvgIpc) is 2.19. The molecule has 0 aliphatic heterocycles. The Kier molecular flexibility index (Phi) is 4.12. The molecular weight excluding hydrogens is 195 g/mol. The fraction of sp³-hybridized carbons (Fsp3) is 0.273. The Bertz CT molecular complexity index is 344. The van der Waals surface area contributed by atoms with E-state index in [1.807, 2.05) is 36.4 Å². The number of allylic oxidation sites excluding steroid dienone is 1. The van der Waals surface area contributed by atoms with Crippen molar-refractivity contribution in [1.29, 1.82) is 0 Å². The lowest BCUT2D eigenvalue weighted by Crippen LogP contribution is -1.80. The molecule has 0 bridgehead atoms. The molecule has 0 fully saturated rings. The minimum Gasteiger partial charge on any atom is -0.329 e. The number of benzene rings is 1. The van der Waals surface area contributed by atoms with E-state index in [9.17, 15) is 4.57 Å². The fourth-order valence-corrected chi connectivity index (χ4v) is 1.67. The van der Waals surface area contributed by atoms with Gasteiger partial charge < -0.3 is 4.52 Å². The van der Waals surface area contributed by atoms with Crippen molar-refractivity contribution in [2.45, 2.75) is 6.42 Å². The van der Waals surface area contributed by atoms with E-state index in [2.05, 4.69) is 0 Å². The molecule has 0 spiro atoms. The minimum absolute atomic E-state index is 0.794. The Balaban J connectivity index is 2.53. The van der Waals surface area contributed by atoms with Crippen molar-refractivity contribution in [3.05, 3.63) is 47.8 Å². The molecule has 14 heavy (non-hydrogen) atoms. The Labute approximate surface area is 85.1 Å². The Morgan fingerprint density at radius 1 is 1.36 bits per heavy atom. The van der Waals surface area contributed by atoms with Gasteiger partial charge in [-0.05, 0) is 17.8 Å². The SMILES string of the molecule is COP(C)(=O)/C=C/Cc1ccccc1. The quantitative estimate of drug-likeness (QED) is 0.713. The monoisotopic (exact) mass is 210 g/mol. The smallest absolute Gasteiger partial charge is 0.221 e. The number of rotatable bonds is 4. The van der Waals surface area contributed by atoms with Gasteiger partial charge in [-0.1, -0.05) is 36.4 Å². The molecule has 0 amide bonds. The van der Waals surface area contributed by atoms with Crippen LogP contribution >= 0.6 is 7.37 Å². The van der Waals surface area contributed by atoms with Crippen molar-refractivity contribution in [2.24, 2.45) is 0 Å². The van der Waals surface area contributed by atoms with Crippen LogP contribution in [0.3, 0.4) is 0 Å².